The molecular formula is C23H28N4O2S2. The summed E-state index contributed by atoms with van der Waals surface area (Å²) in [4.78, 5) is 33.5. The van der Waals surface area contributed by atoms with Crippen molar-refractivity contribution in [3.63, 3.8) is 0 Å². The molecule has 1 amide bonds. The second kappa shape index (κ2) is 9.12. The molecule has 0 aromatic carbocycles. The third-order valence-electron chi connectivity index (χ3n) is 5.72. The molecule has 1 saturated carbocycles. The molecule has 1 aliphatic heterocycles. The molecule has 0 radical (unpaired) electrons. The maximum absolute atomic E-state index is 13.4. The van der Waals surface area contributed by atoms with Crippen molar-refractivity contribution in [2.24, 2.45) is 5.92 Å². The maximum atomic E-state index is 13.4. The van der Waals surface area contributed by atoms with E-state index >= 15 is 0 Å². The molecule has 6 nitrogen and oxygen atoms in total. The number of hydrogen-bond acceptors (Lipinski definition) is 6. The van der Waals surface area contributed by atoms with Gasteiger partial charge in [0, 0.05) is 18.8 Å². The van der Waals surface area contributed by atoms with Gasteiger partial charge in [-0.2, -0.15) is 0 Å². The molecule has 2 aromatic heterocycles. The molecule has 0 spiro atoms. The Kier molecular flexibility index (Phi) is 6.48. The molecule has 0 unspecified atom stereocenters. The highest BCUT2D eigenvalue weighted by molar-refractivity contribution is 8.26. The molecule has 0 bridgehead atoms. The van der Waals surface area contributed by atoms with Gasteiger partial charge in [-0.15, -0.1) is 0 Å². The van der Waals surface area contributed by atoms with E-state index in [0.717, 1.165) is 31.2 Å². The fourth-order valence-corrected chi connectivity index (χ4v) is 5.47. The Labute approximate surface area is 192 Å². The second-order valence-electron chi connectivity index (χ2n) is 8.73. The molecule has 2 aliphatic rings. The number of carbonyl (C=O) groups excluding carboxylic acids is 1. The Balaban J connectivity index is 1.77. The fraction of sp³-hybridized carbons (Fsp3) is 0.478. The van der Waals surface area contributed by atoms with E-state index in [4.69, 9.17) is 12.2 Å². The number of fused-ring (bicyclic) bond motifs is 1. The summed E-state index contributed by atoms with van der Waals surface area (Å²) in [6.45, 7) is 6.81. The smallest absolute Gasteiger partial charge is 0.267 e. The number of carbonyl (C=O) groups is 1. The first-order valence-electron chi connectivity index (χ1n) is 10.9. The Morgan fingerprint density at radius 1 is 1.26 bits per heavy atom. The van der Waals surface area contributed by atoms with E-state index in [2.05, 4.69) is 24.1 Å². The van der Waals surface area contributed by atoms with Gasteiger partial charge in [-0.25, -0.2) is 4.98 Å². The fourth-order valence-electron chi connectivity index (χ4n) is 4.09. The largest absolute Gasteiger partial charge is 0.369 e. The summed E-state index contributed by atoms with van der Waals surface area (Å²) in [5.74, 6) is 0.798. The minimum Gasteiger partial charge on any atom is -0.369 e. The number of pyridine rings is 1. The highest BCUT2D eigenvalue weighted by atomic mass is 32.2. The van der Waals surface area contributed by atoms with Crippen LogP contribution in [0.15, 0.2) is 28.0 Å². The van der Waals surface area contributed by atoms with Gasteiger partial charge in [0.15, 0.2) is 0 Å². The minimum atomic E-state index is -0.192. The van der Waals surface area contributed by atoms with Crippen molar-refractivity contribution in [2.75, 3.05) is 11.9 Å². The van der Waals surface area contributed by atoms with Gasteiger partial charge in [0.25, 0.3) is 11.5 Å². The van der Waals surface area contributed by atoms with Gasteiger partial charge in [0.05, 0.1) is 10.5 Å². The molecule has 31 heavy (non-hydrogen) atoms. The molecule has 2 aromatic rings. The normalized spacial score (nSPS) is 19.2. The number of aryl methyl sites for hydroxylation is 1. The highest BCUT2D eigenvalue weighted by Gasteiger charge is 2.37. The molecule has 1 aliphatic carbocycles. The first-order chi connectivity index (χ1) is 14.8. The van der Waals surface area contributed by atoms with Crippen LogP contribution in [-0.4, -0.2) is 37.1 Å². The first kappa shape index (κ1) is 22.0. The summed E-state index contributed by atoms with van der Waals surface area (Å²) in [7, 11) is 0. The Morgan fingerprint density at radius 2 is 2.00 bits per heavy atom. The number of nitrogens with zero attached hydrogens (tertiary/aromatic N) is 3. The highest BCUT2D eigenvalue weighted by Crippen LogP contribution is 2.37. The lowest BCUT2D eigenvalue weighted by Crippen LogP contribution is -2.39. The van der Waals surface area contributed by atoms with Gasteiger partial charge in [-0.05, 0) is 43.4 Å². The standard InChI is InChI=1S/C23H28N4O2S2/c1-14(2)12-24-20-17(21(28)26-13-15(3)9-10-19(26)25-20)11-18-22(29)27(23(30)31-18)16-7-5-4-6-8-16/h9-11,13-14,16,24H,4-8,12H2,1-3H3. The van der Waals surface area contributed by atoms with Gasteiger partial charge in [-0.1, -0.05) is 63.2 Å². The van der Waals surface area contributed by atoms with Crippen LogP contribution in [-0.2, 0) is 4.79 Å². The van der Waals surface area contributed by atoms with Crippen LogP contribution < -0.4 is 10.9 Å². The summed E-state index contributed by atoms with van der Waals surface area (Å²) < 4.78 is 2.13. The van der Waals surface area contributed by atoms with Crippen molar-refractivity contribution in [3.05, 3.63) is 44.7 Å². The van der Waals surface area contributed by atoms with Gasteiger partial charge < -0.3 is 5.32 Å². The van der Waals surface area contributed by atoms with Gasteiger partial charge in [-0.3, -0.25) is 18.9 Å². The van der Waals surface area contributed by atoms with E-state index in [1.807, 2.05) is 19.1 Å². The van der Waals surface area contributed by atoms with E-state index in [9.17, 15) is 9.59 Å². The monoisotopic (exact) mass is 456 g/mol. The van der Waals surface area contributed by atoms with Crippen molar-refractivity contribution in [2.45, 2.75) is 58.9 Å². The van der Waals surface area contributed by atoms with Gasteiger partial charge in [0.2, 0.25) is 0 Å². The second-order valence-corrected chi connectivity index (χ2v) is 10.4. The van der Waals surface area contributed by atoms with Crippen molar-refractivity contribution < 1.29 is 4.79 Å². The van der Waals surface area contributed by atoms with Crippen LogP contribution in [0.1, 0.15) is 57.1 Å². The molecule has 8 heteroatoms. The van der Waals surface area contributed by atoms with Crippen LogP contribution in [0.4, 0.5) is 5.82 Å². The predicted octanol–water partition coefficient (Wildman–Crippen LogP) is 4.60. The molecule has 1 N–H and O–H groups in total. The number of thiocarbonyl (C=S) groups is 1. The number of aromatic nitrogens is 2. The zero-order valence-corrected chi connectivity index (χ0v) is 19.8. The average molecular weight is 457 g/mol. The maximum Gasteiger partial charge on any atom is 0.267 e. The molecule has 0 atom stereocenters. The molecule has 164 valence electrons. The SMILES string of the molecule is Cc1ccc2nc(NCC(C)C)c(C=C3SC(=S)N(C4CCCCC4)C3=O)c(=O)n2c1. The zero-order valence-electron chi connectivity index (χ0n) is 18.2. The third kappa shape index (κ3) is 4.55. The molecule has 4 rings (SSSR count). The lowest BCUT2D eigenvalue weighted by Gasteiger charge is -2.29. The quantitative estimate of drug-likeness (QED) is 0.524. The van der Waals surface area contributed by atoms with Crippen LogP contribution in [0.2, 0.25) is 0 Å². The zero-order chi connectivity index (χ0) is 22.1. The summed E-state index contributed by atoms with van der Waals surface area (Å²) in [6, 6.07) is 3.94. The third-order valence-corrected chi connectivity index (χ3v) is 7.05. The Bertz CT molecular complexity index is 1120. The molecule has 2 fully saturated rings. The van der Waals surface area contributed by atoms with Crippen molar-refractivity contribution >= 4 is 51.7 Å². The number of nitrogens with one attached hydrogen (secondary N) is 1. The predicted molar refractivity (Wildman–Crippen MR) is 131 cm³/mol. The Hall–Kier alpha value is -2.19. The van der Waals surface area contributed by atoms with E-state index in [1.165, 1.54) is 18.2 Å². The molecular weight excluding hydrogens is 428 g/mol. The first-order valence-corrected chi connectivity index (χ1v) is 12.1. The lowest BCUT2D eigenvalue weighted by molar-refractivity contribution is -0.124. The number of anilines is 1. The summed E-state index contributed by atoms with van der Waals surface area (Å²) >= 11 is 6.84. The van der Waals surface area contributed by atoms with Crippen molar-refractivity contribution in [3.8, 4) is 0 Å². The van der Waals surface area contributed by atoms with Crippen LogP contribution in [0.25, 0.3) is 11.7 Å². The Morgan fingerprint density at radius 3 is 2.71 bits per heavy atom. The average Bonchev–Trinajstić information content (AvgIpc) is 3.02. The van der Waals surface area contributed by atoms with Crippen LogP contribution in [0.3, 0.4) is 0 Å². The summed E-state index contributed by atoms with van der Waals surface area (Å²) in [5.41, 5.74) is 1.75. The minimum absolute atomic E-state index is 0.0922. The number of amides is 1. The van der Waals surface area contributed by atoms with E-state index in [0.29, 0.717) is 38.7 Å². The van der Waals surface area contributed by atoms with E-state index < -0.39 is 0 Å². The molecule has 3 heterocycles. The lowest BCUT2D eigenvalue weighted by atomic mass is 9.94. The van der Waals surface area contributed by atoms with E-state index in [-0.39, 0.29) is 17.5 Å². The van der Waals surface area contributed by atoms with Gasteiger partial charge >= 0.3 is 0 Å². The summed E-state index contributed by atoms with van der Waals surface area (Å²) in [6.07, 6.45) is 8.89. The number of hydrogen-bond donors (Lipinski definition) is 1. The van der Waals surface area contributed by atoms with Crippen molar-refractivity contribution in [1.29, 1.82) is 0 Å². The van der Waals surface area contributed by atoms with Crippen LogP contribution in [0, 0.1) is 12.8 Å². The van der Waals surface area contributed by atoms with Crippen molar-refractivity contribution in [1.82, 2.24) is 14.3 Å². The topological polar surface area (TPSA) is 66.7 Å². The number of thioether (sulfide) groups is 1. The summed E-state index contributed by atoms with van der Waals surface area (Å²) in [5, 5.41) is 3.30. The number of rotatable bonds is 5. The van der Waals surface area contributed by atoms with Crippen LogP contribution >= 0.6 is 24.0 Å². The van der Waals surface area contributed by atoms with E-state index in [1.54, 1.807) is 21.6 Å². The van der Waals surface area contributed by atoms with Crippen LogP contribution in [0.5, 0.6) is 0 Å². The molecule has 1 saturated heterocycles. The van der Waals surface area contributed by atoms with Gasteiger partial charge in [0.1, 0.15) is 15.8 Å².